The first kappa shape index (κ1) is 17.9. The summed E-state index contributed by atoms with van der Waals surface area (Å²) in [5, 5.41) is 6.38. The number of piperidine rings is 1. The summed E-state index contributed by atoms with van der Waals surface area (Å²) in [6.45, 7) is 6.16. The van der Waals surface area contributed by atoms with Crippen LogP contribution < -0.4 is 10.6 Å². The highest BCUT2D eigenvalue weighted by atomic mass is 16.2. The number of piperazine rings is 1. The predicted molar refractivity (Wildman–Crippen MR) is 97.1 cm³/mol. The molecule has 2 saturated heterocycles. The second-order valence-electron chi connectivity index (χ2n) is 6.74. The van der Waals surface area contributed by atoms with E-state index in [2.05, 4.69) is 15.5 Å². The highest BCUT2D eigenvalue weighted by molar-refractivity contribution is 5.89. The molecule has 0 aromatic heterocycles. The van der Waals surface area contributed by atoms with Gasteiger partial charge in [-0.1, -0.05) is 30.3 Å². The Morgan fingerprint density at radius 2 is 1.88 bits per heavy atom. The van der Waals surface area contributed by atoms with Crippen molar-refractivity contribution in [2.45, 2.75) is 25.3 Å². The third-order valence-corrected chi connectivity index (χ3v) is 4.97. The minimum absolute atomic E-state index is 0.0726. The summed E-state index contributed by atoms with van der Waals surface area (Å²) >= 11 is 0. The molecular formula is C19H28N4O2. The van der Waals surface area contributed by atoms with E-state index in [9.17, 15) is 9.59 Å². The van der Waals surface area contributed by atoms with Crippen LogP contribution in [-0.4, -0.2) is 67.4 Å². The standard InChI is InChI=1S/C19H28N4O2/c24-17-8-4-5-12-23(17)18(16-6-2-1-3-7-16)19(25)21-11-15-22-13-9-20-10-14-22/h1-3,6-7,18,20H,4-5,8-15H2,(H,21,25). The lowest BCUT2D eigenvalue weighted by Crippen LogP contribution is -2.49. The number of nitrogens with one attached hydrogen (secondary N) is 2. The molecule has 0 spiro atoms. The van der Waals surface area contributed by atoms with E-state index in [1.807, 2.05) is 30.3 Å². The molecule has 1 unspecified atom stereocenters. The molecule has 1 atom stereocenters. The van der Waals surface area contributed by atoms with Crippen LogP contribution in [0.15, 0.2) is 30.3 Å². The first-order chi connectivity index (χ1) is 12.3. The fourth-order valence-corrected chi connectivity index (χ4v) is 3.58. The van der Waals surface area contributed by atoms with Gasteiger partial charge in [0.15, 0.2) is 0 Å². The lowest BCUT2D eigenvalue weighted by atomic mass is 10.0. The van der Waals surface area contributed by atoms with Crippen LogP contribution in [0, 0.1) is 0 Å². The van der Waals surface area contributed by atoms with Crippen molar-refractivity contribution in [2.75, 3.05) is 45.8 Å². The minimum atomic E-state index is -0.517. The maximum absolute atomic E-state index is 12.9. The molecular weight excluding hydrogens is 316 g/mol. The molecule has 25 heavy (non-hydrogen) atoms. The van der Waals surface area contributed by atoms with Crippen molar-refractivity contribution in [3.63, 3.8) is 0 Å². The topological polar surface area (TPSA) is 64.7 Å². The maximum Gasteiger partial charge on any atom is 0.247 e. The summed E-state index contributed by atoms with van der Waals surface area (Å²) in [4.78, 5) is 29.4. The van der Waals surface area contributed by atoms with E-state index in [-0.39, 0.29) is 11.8 Å². The van der Waals surface area contributed by atoms with Gasteiger partial charge >= 0.3 is 0 Å². The van der Waals surface area contributed by atoms with E-state index in [4.69, 9.17) is 0 Å². The molecule has 0 bridgehead atoms. The number of nitrogens with zero attached hydrogens (tertiary/aromatic N) is 2. The molecule has 1 aromatic rings. The lowest BCUT2D eigenvalue weighted by Gasteiger charge is -2.34. The van der Waals surface area contributed by atoms with Crippen molar-refractivity contribution in [3.05, 3.63) is 35.9 Å². The molecule has 2 fully saturated rings. The average Bonchev–Trinajstić information content (AvgIpc) is 2.65. The third kappa shape index (κ3) is 4.80. The number of benzene rings is 1. The van der Waals surface area contributed by atoms with Crippen LogP contribution in [0.4, 0.5) is 0 Å². The Balaban J connectivity index is 1.63. The zero-order valence-electron chi connectivity index (χ0n) is 14.7. The minimum Gasteiger partial charge on any atom is -0.353 e. The van der Waals surface area contributed by atoms with Crippen LogP contribution in [0.1, 0.15) is 30.9 Å². The summed E-state index contributed by atoms with van der Waals surface area (Å²) in [6.07, 6.45) is 2.42. The second kappa shape index (κ2) is 8.97. The molecule has 0 saturated carbocycles. The number of rotatable bonds is 6. The Morgan fingerprint density at radius 1 is 1.12 bits per heavy atom. The molecule has 136 valence electrons. The zero-order chi connectivity index (χ0) is 17.5. The second-order valence-corrected chi connectivity index (χ2v) is 6.74. The van der Waals surface area contributed by atoms with Gasteiger partial charge in [0.2, 0.25) is 11.8 Å². The van der Waals surface area contributed by atoms with Crippen LogP contribution >= 0.6 is 0 Å². The number of carbonyl (C=O) groups is 2. The SMILES string of the molecule is O=C(NCCN1CCNCC1)C(c1ccccc1)N1CCCCC1=O. The van der Waals surface area contributed by atoms with Gasteiger partial charge in [-0.15, -0.1) is 0 Å². The van der Waals surface area contributed by atoms with E-state index >= 15 is 0 Å². The Bertz CT molecular complexity index is 572. The monoisotopic (exact) mass is 344 g/mol. The maximum atomic E-state index is 12.9. The van der Waals surface area contributed by atoms with Crippen molar-refractivity contribution in [1.29, 1.82) is 0 Å². The van der Waals surface area contributed by atoms with E-state index < -0.39 is 6.04 Å². The Hall–Kier alpha value is -1.92. The number of amides is 2. The lowest BCUT2D eigenvalue weighted by molar-refractivity contribution is -0.142. The Labute approximate surface area is 149 Å². The molecule has 2 aliphatic heterocycles. The summed E-state index contributed by atoms with van der Waals surface area (Å²) in [7, 11) is 0. The van der Waals surface area contributed by atoms with Gasteiger partial charge in [-0.25, -0.2) is 0 Å². The van der Waals surface area contributed by atoms with Gasteiger partial charge in [-0.05, 0) is 18.4 Å². The van der Waals surface area contributed by atoms with E-state index in [0.717, 1.165) is 51.1 Å². The zero-order valence-corrected chi connectivity index (χ0v) is 14.7. The Kier molecular flexibility index (Phi) is 6.42. The van der Waals surface area contributed by atoms with Crippen LogP contribution in [0.5, 0.6) is 0 Å². The summed E-state index contributed by atoms with van der Waals surface area (Å²) in [5.41, 5.74) is 0.887. The van der Waals surface area contributed by atoms with E-state index in [0.29, 0.717) is 19.5 Å². The van der Waals surface area contributed by atoms with Crippen molar-refractivity contribution in [1.82, 2.24) is 20.4 Å². The number of carbonyl (C=O) groups excluding carboxylic acids is 2. The highest BCUT2D eigenvalue weighted by Crippen LogP contribution is 2.25. The molecule has 6 nitrogen and oxygen atoms in total. The smallest absolute Gasteiger partial charge is 0.247 e. The van der Waals surface area contributed by atoms with Crippen molar-refractivity contribution >= 4 is 11.8 Å². The quantitative estimate of drug-likeness (QED) is 0.800. The van der Waals surface area contributed by atoms with Gasteiger partial charge in [-0.2, -0.15) is 0 Å². The van der Waals surface area contributed by atoms with Crippen LogP contribution in [0.3, 0.4) is 0 Å². The summed E-state index contributed by atoms with van der Waals surface area (Å²) < 4.78 is 0. The van der Waals surface area contributed by atoms with Gasteiger partial charge in [0.05, 0.1) is 0 Å². The molecule has 2 aliphatic rings. The normalized spacial score (nSPS) is 20.3. The van der Waals surface area contributed by atoms with Crippen LogP contribution in [-0.2, 0) is 9.59 Å². The van der Waals surface area contributed by atoms with Crippen molar-refractivity contribution < 1.29 is 9.59 Å². The first-order valence-electron chi connectivity index (χ1n) is 9.31. The van der Waals surface area contributed by atoms with E-state index in [1.54, 1.807) is 4.90 Å². The molecule has 0 aliphatic carbocycles. The van der Waals surface area contributed by atoms with Crippen LogP contribution in [0.25, 0.3) is 0 Å². The number of likely N-dealkylation sites (tertiary alicyclic amines) is 1. The fourth-order valence-electron chi connectivity index (χ4n) is 3.58. The first-order valence-corrected chi connectivity index (χ1v) is 9.31. The number of hydrogen-bond donors (Lipinski definition) is 2. The summed E-state index contributed by atoms with van der Waals surface area (Å²) in [6, 6.07) is 9.12. The molecule has 3 rings (SSSR count). The van der Waals surface area contributed by atoms with Gasteiger partial charge in [0, 0.05) is 52.2 Å². The molecule has 0 radical (unpaired) electrons. The summed E-state index contributed by atoms with van der Waals surface area (Å²) in [5.74, 6) is 0.00828. The fraction of sp³-hybridized carbons (Fsp3) is 0.579. The molecule has 6 heteroatoms. The van der Waals surface area contributed by atoms with Crippen LogP contribution in [0.2, 0.25) is 0 Å². The van der Waals surface area contributed by atoms with Gasteiger partial charge in [-0.3, -0.25) is 14.5 Å². The average molecular weight is 344 g/mol. The molecule has 1 aromatic carbocycles. The molecule has 2 heterocycles. The number of hydrogen-bond acceptors (Lipinski definition) is 4. The Morgan fingerprint density at radius 3 is 2.60 bits per heavy atom. The van der Waals surface area contributed by atoms with Crippen molar-refractivity contribution in [2.24, 2.45) is 0 Å². The third-order valence-electron chi connectivity index (χ3n) is 4.97. The van der Waals surface area contributed by atoms with Gasteiger partial charge in [0.1, 0.15) is 6.04 Å². The van der Waals surface area contributed by atoms with E-state index in [1.165, 1.54) is 0 Å². The predicted octanol–water partition coefficient (Wildman–Crippen LogP) is 0.762. The molecule has 2 amide bonds. The highest BCUT2D eigenvalue weighted by Gasteiger charge is 2.32. The largest absolute Gasteiger partial charge is 0.353 e. The molecule has 2 N–H and O–H groups in total. The van der Waals surface area contributed by atoms with Gasteiger partial charge in [0.25, 0.3) is 0 Å². The van der Waals surface area contributed by atoms with Gasteiger partial charge < -0.3 is 15.5 Å². The van der Waals surface area contributed by atoms with Crippen molar-refractivity contribution in [3.8, 4) is 0 Å².